The number of carbonyl (C=O) groups excluding carboxylic acids is 1. The number of nitrogens with zero attached hydrogens (tertiary/aromatic N) is 2. The van der Waals surface area contributed by atoms with Crippen LogP contribution in [0.15, 0.2) is 35.4 Å². The number of nitro groups is 1. The minimum atomic E-state index is -0.754. The van der Waals surface area contributed by atoms with E-state index in [1.165, 1.54) is 13.2 Å². The quantitative estimate of drug-likeness (QED) is 0.342. The van der Waals surface area contributed by atoms with Gasteiger partial charge < -0.3 is 9.84 Å². The van der Waals surface area contributed by atoms with Gasteiger partial charge in [0.05, 0.1) is 29.3 Å². The van der Waals surface area contributed by atoms with Crippen LogP contribution in [0.25, 0.3) is 10.1 Å². The number of nitro benzene ring substituents is 1. The van der Waals surface area contributed by atoms with E-state index in [4.69, 9.17) is 27.9 Å². The lowest BCUT2D eigenvalue weighted by Gasteiger charge is -2.04. The molecular weight excluding hydrogens is 429 g/mol. The number of hydrogen-bond acceptors (Lipinski definition) is 7. The maximum Gasteiger partial charge on any atom is 0.315 e. The highest BCUT2D eigenvalue weighted by Gasteiger charge is 2.20. The molecule has 0 spiro atoms. The van der Waals surface area contributed by atoms with E-state index in [9.17, 15) is 20.0 Å². The summed E-state index contributed by atoms with van der Waals surface area (Å²) in [5.41, 5.74) is 1.73. The molecule has 0 aliphatic carbocycles. The number of hydrazone groups is 1. The van der Waals surface area contributed by atoms with Crippen LogP contribution < -0.4 is 10.2 Å². The van der Waals surface area contributed by atoms with Crippen molar-refractivity contribution in [1.82, 2.24) is 5.43 Å². The molecule has 1 heterocycles. The van der Waals surface area contributed by atoms with E-state index in [1.54, 1.807) is 18.2 Å². The first-order valence-corrected chi connectivity index (χ1v) is 9.15. The second kappa shape index (κ2) is 8.01. The lowest BCUT2D eigenvalue weighted by Crippen LogP contribution is -2.16. The Hall–Kier alpha value is -2.88. The molecule has 0 fully saturated rings. The second-order valence-corrected chi connectivity index (χ2v) is 7.29. The Morgan fingerprint density at radius 1 is 1.36 bits per heavy atom. The minimum Gasteiger partial charge on any atom is -0.502 e. The van der Waals surface area contributed by atoms with Crippen LogP contribution in [-0.2, 0) is 0 Å². The van der Waals surface area contributed by atoms with Crippen molar-refractivity contribution in [3.8, 4) is 11.5 Å². The number of rotatable bonds is 5. The molecule has 0 atom stereocenters. The van der Waals surface area contributed by atoms with Crippen molar-refractivity contribution in [2.24, 2.45) is 5.10 Å². The largest absolute Gasteiger partial charge is 0.502 e. The highest BCUT2D eigenvalue weighted by Crippen LogP contribution is 2.37. The third-order valence-corrected chi connectivity index (χ3v) is 5.58. The van der Waals surface area contributed by atoms with Crippen molar-refractivity contribution in [2.45, 2.75) is 0 Å². The van der Waals surface area contributed by atoms with Crippen LogP contribution in [0.2, 0.25) is 10.0 Å². The number of ether oxygens (including phenoxy) is 1. The molecule has 3 rings (SSSR count). The average molecular weight is 440 g/mol. The number of benzene rings is 2. The number of phenols is 1. The zero-order valence-corrected chi connectivity index (χ0v) is 16.4. The summed E-state index contributed by atoms with van der Waals surface area (Å²) in [6.45, 7) is 0. The topological polar surface area (TPSA) is 114 Å². The average Bonchev–Trinajstić information content (AvgIpc) is 2.98. The predicted molar refractivity (Wildman–Crippen MR) is 108 cm³/mol. The number of amides is 1. The Bertz CT molecular complexity index is 1130. The van der Waals surface area contributed by atoms with Crippen LogP contribution in [-0.4, -0.2) is 29.3 Å². The van der Waals surface area contributed by atoms with Gasteiger partial charge in [-0.2, -0.15) is 5.10 Å². The highest BCUT2D eigenvalue weighted by atomic mass is 35.5. The third-order valence-electron chi connectivity index (χ3n) is 3.69. The predicted octanol–water partition coefficient (Wildman–Crippen LogP) is 4.59. The molecule has 28 heavy (non-hydrogen) atoms. The van der Waals surface area contributed by atoms with Gasteiger partial charge in [-0.3, -0.25) is 14.9 Å². The Morgan fingerprint density at radius 3 is 2.79 bits per heavy atom. The summed E-state index contributed by atoms with van der Waals surface area (Å²) in [6, 6.07) is 7.49. The molecule has 0 saturated heterocycles. The van der Waals surface area contributed by atoms with E-state index in [0.717, 1.165) is 28.3 Å². The summed E-state index contributed by atoms with van der Waals surface area (Å²) in [7, 11) is 1.33. The Balaban J connectivity index is 1.85. The minimum absolute atomic E-state index is 0.000527. The molecular formula is C17H11Cl2N3O5S. The third kappa shape index (κ3) is 3.86. The molecule has 0 unspecified atom stereocenters. The normalized spacial score (nSPS) is 11.1. The van der Waals surface area contributed by atoms with E-state index in [-0.39, 0.29) is 21.2 Å². The van der Waals surface area contributed by atoms with Crippen molar-refractivity contribution in [3.05, 3.63) is 60.9 Å². The maximum absolute atomic E-state index is 12.4. The molecule has 0 radical (unpaired) electrons. The van der Waals surface area contributed by atoms with Gasteiger partial charge in [0.25, 0.3) is 5.91 Å². The van der Waals surface area contributed by atoms with Gasteiger partial charge in [0.15, 0.2) is 0 Å². The fourth-order valence-electron chi connectivity index (χ4n) is 2.37. The summed E-state index contributed by atoms with van der Waals surface area (Å²) in [6.07, 6.45) is 1.07. The van der Waals surface area contributed by atoms with Crippen LogP contribution >= 0.6 is 34.5 Å². The zero-order valence-electron chi connectivity index (χ0n) is 14.1. The molecule has 2 aromatic carbocycles. The molecule has 2 N–H and O–H groups in total. The molecule has 3 aromatic rings. The number of hydrogen-bond donors (Lipinski definition) is 2. The van der Waals surface area contributed by atoms with Crippen molar-refractivity contribution in [2.75, 3.05) is 7.11 Å². The van der Waals surface area contributed by atoms with E-state index < -0.39 is 22.3 Å². The number of carbonyl (C=O) groups is 1. The summed E-state index contributed by atoms with van der Waals surface area (Å²) in [5.74, 6) is -1.02. The van der Waals surface area contributed by atoms with Gasteiger partial charge in [-0.15, -0.1) is 11.3 Å². The van der Waals surface area contributed by atoms with Crippen LogP contribution in [0.1, 0.15) is 15.2 Å². The van der Waals surface area contributed by atoms with Gasteiger partial charge in [0.2, 0.25) is 5.75 Å². The lowest BCUT2D eigenvalue weighted by molar-refractivity contribution is -0.385. The van der Waals surface area contributed by atoms with E-state index in [2.05, 4.69) is 10.5 Å². The number of thiophene rings is 1. The first-order chi connectivity index (χ1) is 13.3. The lowest BCUT2D eigenvalue weighted by atomic mass is 10.1. The molecule has 144 valence electrons. The zero-order chi connectivity index (χ0) is 20.4. The Labute approximate surface area is 172 Å². The van der Waals surface area contributed by atoms with Gasteiger partial charge in [-0.1, -0.05) is 29.3 Å². The summed E-state index contributed by atoms with van der Waals surface area (Å²) in [4.78, 5) is 22.9. The number of methoxy groups -OCH3 is 1. The highest BCUT2D eigenvalue weighted by molar-refractivity contribution is 7.21. The fourth-order valence-corrected chi connectivity index (χ4v) is 4.05. The number of phenolic OH excluding ortho intramolecular Hbond substituents is 1. The molecule has 0 bridgehead atoms. The monoisotopic (exact) mass is 439 g/mol. The maximum atomic E-state index is 12.4. The molecule has 0 aliphatic rings. The van der Waals surface area contributed by atoms with Crippen molar-refractivity contribution >= 4 is 62.4 Å². The molecule has 0 saturated carbocycles. The van der Waals surface area contributed by atoms with Gasteiger partial charge in [-0.05, 0) is 18.2 Å². The first kappa shape index (κ1) is 19.9. The van der Waals surface area contributed by atoms with Crippen LogP contribution in [0.3, 0.4) is 0 Å². The van der Waals surface area contributed by atoms with Gasteiger partial charge in [0.1, 0.15) is 10.6 Å². The molecule has 11 heteroatoms. The van der Waals surface area contributed by atoms with Crippen molar-refractivity contribution in [3.63, 3.8) is 0 Å². The molecule has 0 aliphatic heterocycles. The van der Waals surface area contributed by atoms with Gasteiger partial charge in [-0.25, -0.2) is 5.43 Å². The first-order valence-electron chi connectivity index (χ1n) is 7.58. The number of nitrogens with one attached hydrogen (secondary N) is 1. The molecule has 1 amide bonds. The number of halogens is 2. The fraction of sp³-hybridized carbons (Fsp3) is 0.0588. The molecule has 8 nitrogen and oxygen atoms in total. The van der Waals surface area contributed by atoms with Crippen molar-refractivity contribution < 1.29 is 19.6 Å². The Kier molecular flexibility index (Phi) is 5.68. The number of fused-ring (bicyclic) bond motifs is 1. The smallest absolute Gasteiger partial charge is 0.315 e. The van der Waals surface area contributed by atoms with Crippen LogP contribution in [0, 0.1) is 10.1 Å². The summed E-state index contributed by atoms with van der Waals surface area (Å²) < 4.78 is 5.71. The number of aromatic hydroxyl groups is 1. The van der Waals surface area contributed by atoms with Crippen LogP contribution in [0.5, 0.6) is 11.5 Å². The van der Waals surface area contributed by atoms with Gasteiger partial charge in [0, 0.05) is 20.7 Å². The molecule has 1 aromatic heterocycles. The summed E-state index contributed by atoms with van der Waals surface area (Å²) in [5, 5.41) is 26.2. The van der Waals surface area contributed by atoms with E-state index in [0.29, 0.717) is 10.4 Å². The van der Waals surface area contributed by atoms with Gasteiger partial charge >= 0.3 is 5.69 Å². The van der Waals surface area contributed by atoms with Crippen molar-refractivity contribution in [1.29, 1.82) is 0 Å². The SMILES string of the molecule is COc1cc(C=NNC(=O)c2sc3cc(Cl)ccc3c2Cl)c(O)c([N+](=O)[O-])c1. The second-order valence-electron chi connectivity index (χ2n) is 5.43. The van der Waals surface area contributed by atoms with E-state index >= 15 is 0 Å². The Morgan fingerprint density at radius 2 is 2.11 bits per heavy atom. The summed E-state index contributed by atoms with van der Waals surface area (Å²) >= 11 is 13.3. The standard InChI is InChI=1S/C17H11Cl2N3O5S/c1-27-10-4-8(15(23)12(6-10)22(25)26)7-20-21-17(24)16-14(19)11-3-2-9(18)5-13(11)28-16/h2-7,23H,1H3,(H,21,24). The van der Waals surface area contributed by atoms with Crippen LogP contribution in [0.4, 0.5) is 5.69 Å². The van der Waals surface area contributed by atoms with E-state index in [1.807, 2.05) is 0 Å².